The average Bonchev–Trinajstić information content (AvgIpc) is 2.96. The Hall–Kier alpha value is -2.50. The van der Waals surface area contributed by atoms with Crippen LogP contribution in [0.4, 0.5) is 0 Å². The molecule has 122 valence electrons. The second-order valence-electron chi connectivity index (χ2n) is 6.17. The summed E-state index contributed by atoms with van der Waals surface area (Å²) in [5.74, 6) is -4.71. The smallest absolute Gasteiger partial charge is 0.316 e. The van der Waals surface area contributed by atoms with Crippen LogP contribution in [0.2, 0.25) is 0 Å². The molecule has 0 bridgehead atoms. The summed E-state index contributed by atoms with van der Waals surface area (Å²) in [7, 11) is 1.18. The lowest BCUT2D eigenvalue weighted by Crippen LogP contribution is -2.51. The number of hydrogen-bond acceptors (Lipinski definition) is 6. The highest BCUT2D eigenvalue weighted by atomic mass is 16.5. The van der Waals surface area contributed by atoms with Gasteiger partial charge in [0.05, 0.1) is 13.4 Å². The summed E-state index contributed by atoms with van der Waals surface area (Å²) in [5, 5.41) is 0. The molecular formula is C17H18O6. The van der Waals surface area contributed by atoms with Gasteiger partial charge in [-0.25, -0.2) is 0 Å². The molecule has 0 radical (unpaired) electrons. The standard InChI is InChI=1S/C17H18O6/c1-17(2)9-12(19)13(15(20)14(17)16(21)22-3)11(18)7-6-10-5-4-8-23-10/h4-8,13-14H,9H2,1-3H3/b7-6+/t13-,14+/m1/s1. The predicted molar refractivity (Wildman–Crippen MR) is 80.2 cm³/mol. The summed E-state index contributed by atoms with van der Waals surface area (Å²) in [5.41, 5.74) is -0.872. The lowest BCUT2D eigenvalue weighted by atomic mass is 9.63. The largest absolute Gasteiger partial charge is 0.468 e. The summed E-state index contributed by atoms with van der Waals surface area (Å²) >= 11 is 0. The molecular weight excluding hydrogens is 300 g/mol. The number of Topliss-reactive ketones (excluding diaryl/α,β-unsaturated/α-hetero) is 2. The molecule has 1 aliphatic rings. The van der Waals surface area contributed by atoms with Gasteiger partial charge in [0.2, 0.25) is 0 Å². The van der Waals surface area contributed by atoms with Crippen LogP contribution in [0.15, 0.2) is 28.9 Å². The Labute approximate surface area is 133 Å². The van der Waals surface area contributed by atoms with Gasteiger partial charge in [0.1, 0.15) is 17.6 Å². The Morgan fingerprint density at radius 2 is 2.04 bits per heavy atom. The molecule has 0 N–H and O–H groups in total. The number of ether oxygens (including phenoxy) is 1. The van der Waals surface area contributed by atoms with Crippen molar-refractivity contribution in [3.05, 3.63) is 30.2 Å². The van der Waals surface area contributed by atoms with Gasteiger partial charge in [0, 0.05) is 6.42 Å². The first-order valence-corrected chi connectivity index (χ1v) is 7.17. The highest BCUT2D eigenvalue weighted by Crippen LogP contribution is 2.40. The number of allylic oxidation sites excluding steroid dienone is 1. The first-order valence-electron chi connectivity index (χ1n) is 7.17. The lowest BCUT2D eigenvalue weighted by Gasteiger charge is -2.37. The van der Waals surface area contributed by atoms with E-state index in [1.54, 1.807) is 26.0 Å². The number of esters is 1. The van der Waals surface area contributed by atoms with E-state index in [0.717, 1.165) is 6.08 Å². The van der Waals surface area contributed by atoms with Gasteiger partial charge in [0.25, 0.3) is 0 Å². The van der Waals surface area contributed by atoms with E-state index in [1.807, 2.05) is 0 Å². The van der Waals surface area contributed by atoms with Crippen LogP contribution in [0.5, 0.6) is 0 Å². The van der Waals surface area contributed by atoms with Crippen molar-refractivity contribution >= 4 is 29.4 Å². The fourth-order valence-electron chi connectivity index (χ4n) is 2.86. The number of carbonyl (C=O) groups is 4. The van der Waals surface area contributed by atoms with E-state index < -0.39 is 40.6 Å². The van der Waals surface area contributed by atoms with Crippen molar-refractivity contribution in [2.24, 2.45) is 17.3 Å². The second-order valence-corrected chi connectivity index (χ2v) is 6.17. The SMILES string of the molecule is COC(=O)[C@@H]1C(=O)[C@H](C(=O)/C=C/c2ccco2)C(=O)CC1(C)C. The molecule has 23 heavy (non-hydrogen) atoms. The molecule has 0 spiro atoms. The van der Waals surface area contributed by atoms with Gasteiger partial charge in [-0.2, -0.15) is 0 Å². The van der Waals surface area contributed by atoms with Gasteiger partial charge >= 0.3 is 5.97 Å². The van der Waals surface area contributed by atoms with Gasteiger partial charge in [-0.15, -0.1) is 0 Å². The lowest BCUT2D eigenvalue weighted by molar-refractivity contribution is -0.161. The molecule has 6 nitrogen and oxygen atoms in total. The Balaban J connectivity index is 2.27. The van der Waals surface area contributed by atoms with E-state index in [4.69, 9.17) is 4.42 Å². The molecule has 1 fully saturated rings. The molecule has 0 aromatic carbocycles. The number of ketones is 3. The molecule has 1 saturated carbocycles. The highest BCUT2D eigenvalue weighted by Gasteiger charge is 2.53. The average molecular weight is 318 g/mol. The summed E-state index contributed by atoms with van der Waals surface area (Å²) in [6.45, 7) is 3.29. The van der Waals surface area contributed by atoms with Crippen molar-refractivity contribution < 1.29 is 28.3 Å². The third-order valence-electron chi connectivity index (χ3n) is 3.98. The zero-order chi connectivity index (χ0) is 17.2. The van der Waals surface area contributed by atoms with Crippen LogP contribution in [-0.4, -0.2) is 30.4 Å². The van der Waals surface area contributed by atoms with E-state index in [0.29, 0.717) is 5.76 Å². The summed E-state index contributed by atoms with van der Waals surface area (Å²) in [6.07, 6.45) is 3.92. The van der Waals surface area contributed by atoms with Crippen LogP contribution >= 0.6 is 0 Å². The molecule has 6 heteroatoms. The third kappa shape index (κ3) is 3.31. The fourth-order valence-corrected chi connectivity index (χ4v) is 2.86. The summed E-state index contributed by atoms with van der Waals surface area (Å²) in [6, 6.07) is 3.28. The first-order chi connectivity index (χ1) is 10.8. The quantitative estimate of drug-likeness (QED) is 0.478. The van der Waals surface area contributed by atoms with Crippen LogP contribution in [0.3, 0.4) is 0 Å². The monoisotopic (exact) mass is 318 g/mol. The first kappa shape index (κ1) is 16.9. The van der Waals surface area contributed by atoms with Crippen LogP contribution in [0.25, 0.3) is 6.08 Å². The zero-order valence-electron chi connectivity index (χ0n) is 13.2. The molecule has 1 aromatic rings. The molecule has 0 unspecified atom stereocenters. The van der Waals surface area contributed by atoms with Gasteiger partial charge in [-0.1, -0.05) is 13.8 Å². The molecule has 0 amide bonds. The normalized spacial score (nSPS) is 24.0. The molecule has 0 saturated heterocycles. The minimum absolute atomic E-state index is 0.0382. The maximum atomic E-state index is 12.6. The number of rotatable bonds is 4. The van der Waals surface area contributed by atoms with Crippen LogP contribution in [0, 0.1) is 17.3 Å². The maximum Gasteiger partial charge on any atom is 0.316 e. The Kier molecular flexibility index (Phi) is 4.63. The van der Waals surface area contributed by atoms with Crippen molar-refractivity contribution in [3.8, 4) is 0 Å². The van der Waals surface area contributed by atoms with Crippen LogP contribution < -0.4 is 0 Å². The highest BCUT2D eigenvalue weighted by molar-refractivity contribution is 6.27. The summed E-state index contributed by atoms with van der Waals surface area (Å²) < 4.78 is 9.71. The molecule has 2 rings (SSSR count). The van der Waals surface area contributed by atoms with Gasteiger partial charge in [0.15, 0.2) is 17.3 Å². The third-order valence-corrected chi connectivity index (χ3v) is 3.98. The fraction of sp³-hybridized carbons (Fsp3) is 0.412. The van der Waals surface area contributed by atoms with Crippen molar-refractivity contribution in [1.82, 2.24) is 0 Å². The Morgan fingerprint density at radius 3 is 2.61 bits per heavy atom. The zero-order valence-corrected chi connectivity index (χ0v) is 13.2. The van der Waals surface area contributed by atoms with Crippen molar-refractivity contribution in [2.45, 2.75) is 20.3 Å². The molecule has 1 heterocycles. The second kappa shape index (κ2) is 6.32. The van der Waals surface area contributed by atoms with Gasteiger partial charge in [-0.3, -0.25) is 19.2 Å². The molecule has 2 atom stereocenters. The molecule has 0 aliphatic heterocycles. The van der Waals surface area contributed by atoms with E-state index in [9.17, 15) is 19.2 Å². The van der Waals surface area contributed by atoms with E-state index in [2.05, 4.69) is 4.74 Å². The minimum Gasteiger partial charge on any atom is -0.468 e. The van der Waals surface area contributed by atoms with E-state index in [1.165, 1.54) is 19.4 Å². The molecule has 1 aliphatic carbocycles. The van der Waals surface area contributed by atoms with Crippen molar-refractivity contribution in [3.63, 3.8) is 0 Å². The number of hydrogen-bond donors (Lipinski definition) is 0. The van der Waals surface area contributed by atoms with Gasteiger partial charge in [-0.05, 0) is 29.7 Å². The van der Waals surface area contributed by atoms with Crippen LogP contribution in [-0.2, 0) is 23.9 Å². The van der Waals surface area contributed by atoms with E-state index in [-0.39, 0.29) is 6.42 Å². The van der Waals surface area contributed by atoms with Crippen molar-refractivity contribution in [1.29, 1.82) is 0 Å². The predicted octanol–water partition coefficient (Wildman–Crippen LogP) is 1.84. The number of furan rings is 1. The van der Waals surface area contributed by atoms with Crippen LogP contribution in [0.1, 0.15) is 26.0 Å². The summed E-state index contributed by atoms with van der Waals surface area (Å²) in [4.78, 5) is 49.0. The number of carbonyl (C=O) groups excluding carboxylic acids is 4. The van der Waals surface area contributed by atoms with Gasteiger partial charge < -0.3 is 9.15 Å². The van der Waals surface area contributed by atoms with Crippen molar-refractivity contribution in [2.75, 3.05) is 7.11 Å². The topological polar surface area (TPSA) is 90.7 Å². The Bertz CT molecular complexity index is 665. The number of methoxy groups -OCH3 is 1. The maximum absolute atomic E-state index is 12.6. The molecule has 1 aromatic heterocycles. The van der Waals surface area contributed by atoms with E-state index >= 15 is 0 Å². The Morgan fingerprint density at radius 1 is 1.35 bits per heavy atom. The minimum atomic E-state index is -1.46.